The number of para-hydroxylation sites is 2. The van der Waals surface area contributed by atoms with Crippen LogP contribution in [0.15, 0.2) is 115 Å². The summed E-state index contributed by atoms with van der Waals surface area (Å²) in [4.78, 5) is 11.7. The molecule has 0 unspecified atom stereocenters. The van der Waals surface area contributed by atoms with Gasteiger partial charge >= 0.3 is 0 Å². The van der Waals surface area contributed by atoms with Gasteiger partial charge in [-0.25, -0.2) is 0 Å². The van der Waals surface area contributed by atoms with Gasteiger partial charge in [0, 0.05) is 56.0 Å². The summed E-state index contributed by atoms with van der Waals surface area (Å²) in [6.07, 6.45) is 4.91. The van der Waals surface area contributed by atoms with Gasteiger partial charge in [-0.1, -0.05) is 107 Å². The molecule has 1 radical (unpaired) electrons. The largest absolute Gasteiger partial charge is 0.512 e. The molecule has 8 aromatic rings. The fourth-order valence-electron chi connectivity index (χ4n) is 7.94. The van der Waals surface area contributed by atoms with Crippen LogP contribution in [0, 0.1) is 25.8 Å². The van der Waals surface area contributed by atoms with Crippen LogP contribution < -0.4 is 4.57 Å². The third kappa shape index (κ3) is 6.03. The van der Waals surface area contributed by atoms with Crippen LogP contribution >= 0.6 is 0 Å². The second kappa shape index (κ2) is 14.8. The van der Waals surface area contributed by atoms with Crippen LogP contribution in [0.2, 0.25) is 0 Å². The first-order chi connectivity index (χ1) is 24.3. The molecule has 51 heavy (non-hydrogen) atoms. The number of fused-ring (bicyclic) bond motifs is 9. The molecule has 261 valence electrons. The Morgan fingerprint density at radius 3 is 2.04 bits per heavy atom. The van der Waals surface area contributed by atoms with Crippen molar-refractivity contribution in [2.75, 3.05) is 0 Å². The van der Waals surface area contributed by atoms with Gasteiger partial charge in [0.2, 0.25) is 0 Å². The van der Waals surface area contributed by atoms with Crippen molar-refractivity contribution in [3.8, 4) is 11.3 Å². The van der Waals surface area contributed by atoms with E-state index in [4.69, 9.17) is 0 Å². The Bertz CT molecular complexity index is 2550. The molecular weight excluding hydrogens is 805 g/mol. The molecule has 0 spiro atoms. The summed E-state index contributed by atoms with van der Waals surface area (Å²) < 4.78 is 4.51. The Morgan fingerprint density at radius 2 is 1.33 bits per heavy atom. The summed E-state index contributed by atoms with van der Waals surface area (Å²) in [5, 5.41) is 18.5. The summed E-state index contributed by atoms with van der Waals surface area (Å²) in [6, 6.07) is 37.0. The molecule has 0 saturated carbocycles. The van der Waals surface area contributed by atoms with E-state index in [0.29, 0.717) is 0 Å². The van der Waals surface area contributed by atoms with Gasteiger partial charge in [-0.3, -0.25) is 4.79 Å². The molecule has 5 aromatic carbocycles. The van der Waals surface area contributed by atoms with Gasteiger partial charge in [-0.15, -0.1) is 5.56 Å². The zero-order valence-electron chi connectivity index (χ0n) is 29.9. The number of aliphatic hydroxyl groups excluding tert-OH is 1. The first-order valence-electron chi connectivity index (χ1n) is 18.0. The van der Waals surface area contributed by atoms with Crippen LogP contribution in [0.5, 0.6) is 0 Å². The van der Waals surface area contributed by atoms with Gasteiger partial charge in [0.05, 0.1) is 22.5 Å². The number of nitrogens with zero attached hydrogens (tertiary/aromatic N) is 2. The zero-order valence-corrected chi connectivity index (χ0v) is 32.3. The minimum atomic E-state index is 0. The standard InChI is InChI=1S/C33H21N2.C13H24O2.Ir/c1-20-19-25-24-12-6-8-14-27(24)35-29-18-15-21-9-3-5-11-23(21)31(29)32(33(25)35)30(20)28-17-16-22-10-4-7-13-26(22)34(28)2;1-5-10(6-2)12(14)9-13(15)11(7-3)8-4;/h3-19H,1-2H2;9-11,14H,5-8H2,1-4H3;/q-1;;/b;12-9-;. The average Bonchev–Trinajstić information content (AvgIpc) is 3.65. The molecule has 3 heterocycles. The van der Waals surface area contributed by atoms with Crippen molar-refractivity contribution in [1.82, 2.24) is 4.40 Å². The first-order valence-corrected chi connectivity index (χ1v) is 18.0. The zero-order chi connectivity index (χ0) is 35.1. The Kier molecular flexibility index (Phi) is 10.4. The average molecular weight is 850 g/mol. The van der Waals surface area contributed by atoms with Crippen molar-refractivity contribution < 1.29 is 34.6 Å². The molecule has 0 aliphatic heterocycles. The normalized spacial score (nSPS) is 12.1. The number of rotatable bonds is 8. The number of allylic oxidation sites excluding steroid dienone is 2. The van der Waals surface area contributed by atoms with Crippen molar-refractivity contribution in [2.45, 2.75) is 53.4 Å². The van der Waals surface area contributed by atoms with E-state index < -0.39 is 0 Å². The summed E-state index contributed by atoms with van der Waals surface area (Å²) in [7, 11) is 4.48. The van der Waals surface area contributed by atoms with E-state index in [1.807, 2.05) is 27.7 Å². The molecule has 0 bridgehead atoms. The van der Waals surface area contributed by atoms with Crippen LogP contribution in [0.25, 0.3) is 71.0 Å². The number of benzene rings is 5. The third-order valence-corrected chi connectivity index (χ3v) is 10.7. The number of aromatic nitrogens is 2. The molecule has 0 aliphatic rings. The van der Waals surface area contributed by atoms with E-state index in [1.54, 1.807) is 0 Å². The van der Waals surface area contributed by atoms with Gasteiger partial charge < -0.3 is 14.1 Å². The predicted molar refractivity (Wildman–Crippen MR) is 211 cm³/mol. The number of aliphatic hydroxyl groups is 1. The van der Waals surface area contributed by atoms with Crippen molar-refractivity contribution in [3.05, 3.63) is 134 Å². The monoisotopic (exact) mass is 850 g/mol. The molecule has 0 fully saturated rings. The number of hydrogen-bond donors (Lipinski definition) is 1. The fourth-order valence-corrected chi connectivity index (χ4v) is 7.94. The molecule has 1 N–H and O–H groups in total. The quantitative estimate of drug-likeness (QED) is 0.0716. The van der Waals surface area contributed by atoms with Gasteiger partial charge in [-0.05, 0) is 76.2 Å². The Morgan fingerprint density at radius 1 is 0.725 bits per heavy atom. The van der Waals surface area contributed by atoms with E-state index in [9.17, 15) is 9.90 Å². The van der Waals surface area contributed by atoms with E-state index >= 15 is 0 Å². The third-order valence-electron chi connectivity index (χ3n) is 10.7. The summed E-state index contributed by atoms with van der Waals surface area (Å²) in [6.45, 7) is 12.7. The Labute approximate surface area is 314 Å². The van der Waals surface area contributed by atoms with Crippen molar-refractivity contribution in [3.63, 3.8) is 0 Å². The first kappa shape index (κ1) is 36.0. The van der Waals surface area contributed by atoms with Crippen molar-refractivity contribution in [2.24, 2.45) is 11.8 Å². The van der Waals surface area contributed by atoms with Crippen LogP contribution in [0.4, 0.5) is 0 Å². The molecule has 8 rings (SSSR count). The second-order valence-electron chi connectivity index (χ2n) is 13.4. The van der Waals surface area contributed by atoms with Crippen molar-refractivity contribution >= 4 is 65.6 Å². The molecule has 0 aliphatic carbocycles. The molecule has 0 atom stereocenters. The maximum absolute atomic E-state index is 11.7. The van der Waals surface area contributed by atoms with E-state index in [2.05, 4.69) is 126 Å². The van der Waals surface area contributed by atoms with E-state index in [-0.39, 0.29) is 43.5 Å². The van der Waals surface area contributed by atoms with Crippen LogP contribution in [0.1, 0.15) is 58.9 Å². The molecule has 4 nitrogen and oxygen atoms in total. The Hall–Kier alpha value is -4.83. The molecule has 5 heteroatoms. The number of carbonyl (C=O) groups excluding carboxylic acids is 1. The number of pyridine rings is 1. The smallest absolute Gasteiger partial charge is 0.162 e. The SMILES string of the molecule is CCC(CC)C(=O)/C=C(\O)C(CC)CC.[CH2-]c1cc2c3ccccc3n3c4ccc5ccccc5c4c(c1-c1ccc4ccccc4[n+]1[CH2-])c23.[Ir]. The van der Waals surface area contributed by atoms with Crippen molar-refractivity contribution in [1.29, 1.82) is 0 Å². The molecule has 0 amide bonds. The van der Waals surface area contributed by atoms with Crippen LogP contribution in [-0.2, 0) is 24.9 Å². The molecule has 0 saturated heterocycles. The molecule has 3 aromatic heterocycles. The Balaban J connectivity index is 0.000000241. The maximum atomic E-state index is 11.7. The number of hydrogen-bond acceptors (Lipinski definition) is 2. The van der Waals surface area contributed by atoms with Gasteiger partial charge in [0.1, 0.15) is 5.52 Å². The van der Waals surface area contributed by atoms with Crippen LogP contribution in [0.3, 0.4) is 0 Å². The summed E-state index contributed by atoms with van der Waals surface area (Å²) in [5.74, 6) is 0.547. The predicted octanol–water partition coefficient (Wildman–Crippen LogP) is 11.8. The summed E-state index contributed by atoms with van der Waals surface area (Å²) >= 11 is 0. The maximum Gasteiger partial charge on any atom is 0.162 e. The summed E-state index contributed by atoms with van der Waals surface area (Å²) in [5.41, 5.74) is 8.06. The molecular formula is C46H45IrN2O2-. The fraction of sp³-hybridized carbons (Fsp3) is 0.217. The van der Waals surface area contributed by atoms with E-state index in [0.717, 1.165) is 48.0 Å². The number of carbonyl (C=O) groups is 1. The minimum Gasteiger partial charge on any atom is -0.512 e. The second-order valence-corrected chi connectivity index (χ2v) is 13.4. The van der Waals surface area contributed by atoms with Crippen LogP contribution in [-0.4, -0.2) is 15.3 Å². The van der Waals surface area contributed by atoms with Gasteiger partial charge in [0.15, 0.2) is 5.78 Å². The van der Waals surface area contributed by atoms with Gasteiger partial charge in [0.25, 0.3) is 0 Å². The van der Waals surface area contributed by atoms with Gasteiger partial charge in [-0.2, -0.15) is 18.6 Å². The van der Waals surface area contributed by atoms with E-state index in [1.165, 1.54) is 60.3 Å². The minimum absolute atomic E-state index is 0. The topological polar surface area (TPSA) is 45.6 Å². The number of ketones is 1.